The number of carbonyl (C=O) groups excluding carboxylic acids is 6. The quantitative estimate of drug-likeness (QED) is 0.128. The van der Waals surface area contributed by atoms with Crippen LogP contribution >= 0.6 is 0 Å². The molecule has 0 N–H and O–H groups in total. The van der Waals surface area contributed by atoms with Gasteiger partial charge < -0.3 is 0 Å². The lowest BCUT2D eigenvalue weighted by molar-refractivity contribution is -0.128. The molecule has 1 aliphatic carbocycles. The number of likely N-dealkylation sites (tertiary alicyclic amines) is 2. The minimum Gasteiger partial charge on any atom is -0.300 e. The van der Waals surface area contributed by atoms with E-state index in [1.807, 2.05) is 102 Å². The van der Waals surface area contributed by atoms with Crippen molar-refractivity contribution in [3.8, 4) is 12.3 Å². The lowest BCUT2D eigenvalue weighted by atomic mass is 9.87. The maximum absolute atomic E-state index is 11.6. The largest absolute Gasteiger partial charge is 0.300 e. The van der Waals surface area contributed by atoms with E-state index >= 15 is 0 Å². The number of rotatable bonds is 9. The molecule has 64 heavy (non-hydrogen) atoms. The molecule has 2 saturated heterocycles. The van der Waals surface area contributed by atoms with Gasteiger partial charge in [0.15, 0.2) is 17.3 Å². The van der Waals surface area contributed by atoms with E-state index in [1.165, 1.54) is 58.8 Å². The first-order chi connectivity index (χ1) is 29.2. The van der Waals surface area contributed by atoms with Crippen LogP contribution in [0.5, 0.6) is 0 Å². The van der Waals surface area contributed by atoms with E-state index in [-0.39, 0.29) is 69.7 Å². The number of allylic oxidation sites excluding steroid dienone is 4. The van der Waals surface area contributed by atoms with E-state index in [0.29, 0.717) is 29.8 Å². The average molecular weight is 899 g/mol. The highest BCUT2D eigenvalue weighted by Gasteiger charge is 2.43. The Morgan fingerprint density at radius 3 is 1.11 bits per heavy atom. The SMILES string of the molecule is C.C#CC(=O)C(C)(C)C.CC(C)(C)C(=O)/C=C/CN1CCC1.CC(C)(C)C(=O)/C=C/CN1CCCCC1.CC1CC1C(=O)C(C)(C)C.CCC(=O)C(C)(C)C.[2H]/C(C)=C(/[2H])C(=O)C(C)(C)C. The second kappa shape index (κ2) is 30.8. The topological polar surface area (TPSA) is 109 Å². The number of Topliss-reactive ketones (excluding diaryl/α,β-unsaturated/α-hetero) is 3. The summed E-state index contributed by atoms with van der Waals surface area (Å²) in [6, 6.07) is -0.151. The van der Waals surface area contributed by atoms with Crippen molar-refractivity contribution in [2.75, 3.05) is 39.3 Å². The Balaban J connectivity index is -0.000000354. The van der Waals surface area contributed by atoms with Crippen molar-refractivity contribution in [1.82, 2.24) is 9.80 Å². The van der Waals surface area contributed by atoms with E-state index < -0.39 is 5.41 Å². The number of hydrogen-bond donors (Lipinski definition) is 0. The van der Waals surface area contributed by atoms with Crippen LogP contribution in [-0.2, 0) is 28.8 Å². The van der Waals surface area contributed by atoms with Gasteiger partial charge in [-0.3, -0.25) is 38.6 Å². The summed E-state index contributed by atoms with van der Waals surface area (Å²) in [6.07, 6.45) is 19.4. The summed E-state index contributed by atoms with van der Waals surface area (Å²) in [5.74, 6) is 3.91. The van der Waals surface area contributed by atoms with Crippen LogP contribution in [-0.4, -0.2) is 83.8 Å². The van der Waals surface area contributed by atoms with Crippen molar-refractivity contribution in [2.24, 2.45) is 44.3 Å². The van der Waals surface area contributed by atoms with Gasteiger partial charge in [0.2, 0.25) is 5.78 Å². The molecule has 2 unspecified atom stereocenters. The minimum atomic E-state index is -0.542. The predicted octanol–water partition coefficient (Wildman–Crippen LogP) is 12.8. The molecule has 0 bridgehead atoms. The van der Waals surface area contributed by atoms with Gasteiger partial charge in [-0.05, 0) is 88.8 Å². The molecule has 8 nitrogen and oxygen atoms in total. The third-order valence-electron chi connectivity index (χ3n) is 10.2. The number of hydrogen-bond acceptors (Lipinski definition) is 8. The third kappa shape index (κ3) is 34.1. The van der Waals surface area contributed by atoms with Crippen LogP contribution in [0.3, 0.4) is 0 Å². The number of piperidine rings is 1. The molecule has 2 aliphatic heterocycles. The van der Waals surface area contributed by atoms with Gasteiger partial charge in [-0.2, -0.15) is 0 Å². The molecular weight excluding hydrogens is 797 g/mol. The molecule has 3 rings (SSSR count). The number of carbonyl (C=O) groups is 6. The van der Waals surface area contributed by atoms with Crippen molar-refractivity contribution in [3.63, 3.8) is 0 Å². The maximum Gasteiger partial charge on any atom is 0.210 e. The smallest absolute Gasteiger partial charge is 0.210 e. The number of terminal acetylenes is 1. The summed E-state index contributed by atoms with van der Waals surface area (Å²) in [4.78, 5) is 71.9. The normalized spacial score (nSPS) is 18.7. The molecule has 2 heterocycles. The summed E-state index contributed by atoms with van der Waals surface area (Å²) in [6.45, 7) is 46.3. The molecule has 0 aromatic heterocycles. The zero-order valence-electron chi connectivity index (χ0n) is 46.4. The molecule has 0 aromatic carbocycles. The van der Waals surface area contributed by atoms with Gasteiger partial charge in [-0.25, -0.2) is 0 Å². The first-order valence-electron chi connectivity index (χ1n) is 24.3. The van der Waals surface area contributed by atoms with Crippen LogP contribution in [0.1, 0.15) is 194 Å². The van der Waals surface area contributed by atoms with Crippen molar-refractivity contribution in [3.05, 3.63) is 36.4 Å². The van der Waals surface area contributed by atoms with Crippen LogP contribution in [0.25, 0.3) is 0 Å². The van der Waals surface area contributed by atoms with Crippen LogP contribution in [0.4, 0.5) is 0 Å². The van der Waals surface area contributed by atoms with Crippen molar-refractivity contribution < 1.29 is 31.5 Å². The second-order valence-electron chi connectivity index (χ2n) is 23.2. The van der Waals surface area contributed by atoms with Gasteiger partial charge in [0.1, 0.15) is 11.6 Å². The predicted molar refractivity (Wildman–Crippen MR) is 274 cm³/mol. The van der Waals surface area contributed by atoms with Crippen LogP contribution < -0.4 is 0 Å². The van der Waals surface area contributed by atoms with Crippen molar-refractivity contribution in [1.29, 1.82) is 0 Å². The highest BCUT2D eigenvalue weighted by atomic mass is 16.1. The molecule has 0 radical (unpaired) electrons. The monoisotopic (exact) mass is 899 g/mol. The van der Waals surface area contributed by atoms with E-state index in [0.717, 1.165) is 19.5 Å². The molecule has 0 amide bonds. The summed E-state index contributed by atoms with van der Waals surface area (Å²) in [5, 5.41) is 0. The summed E-state index contributed by atoms with van der Waals surface area (Å²) >= 11 is 0. The fraction of sp³-hybridized carbons (Fsp3) is 0.750. The maximum atomic E-state index is 11.6. The Kier molecular flexibility index (Phi) is 30.3. The summed E-state index contributed by atoms with van der Waals surface area (Å²) < 4.78 is 14.3. The van der Waals surface area contributed by atoms with Gasteiger partial charge in [0, 0.05) is 57.9 Å². The van der Waals surface area contributed by atoms with Crippen LogP contribution in [0, 0.1) is 56.7 Å². The lowest BCUT2D eigenvalue weighted by Crippen LogP contribution is -2.37. The van der Waals surface area contributed by atoms with E-state index in [4.69, 9.17) is 9.16 Å². The molecule has 3 fully saturated rings. The number of nitrogens with zero attached hydrogens (tertiary/aromatic N) is 2. The van der Waals surface area contributed by atoms with Gasteiger partial charge >= 0.3 is 0 Å². The van der Waals surface area contributed by atoms with E-state index in [2.05, 4.69) is 22.6 Å². The third-order valence-corrected chi connectivity index (χ3v) is 10.2. The molecule has 8 heteroatoms. The Morgan fingerprint density at radius 1 is 0.594 bits per heavy atom. The first-order valence-corrected chi connectivity index (χ1v) is 23.3. The second-order valence-corrected chi connectivity index (χ2v) is 23.2. The highest BCUT2D eigenvalue weighted by molar-refractivity contribution is 5.98. The molecular formula is C56H100N2O6. The fourth-order valence-corrected chi connectivity index (χ4v) is 5.12. The first kappa shape index (κ1) is 62.8. The summed E-state index contributed by atoms with van der Waals surface area (Å²) in [7, 11) is 0. The molecule has 3 aliphatic rings. The standard InChI is InChI=1S/C13H23NO.C11H19NO.C9H16O.C8H14O.C7H14O.C7H10O.CH4/c1-13(2,3)12(15)8-7-11-14-9-5-4-6-10-14;1-11(2,3)10(13)6-4-7-12-8-5-9-12;1-6-5-7(6)8(10)9(2,3)4;1-5-6-7(9)8(2,3)4;2*1-5-6(8)7(2,3)4;/h7-8H,4-6,9-11H2,1-3H3;4,6H,5,7-9H2,1-3H3;6-7H,5H2,1-4H3;5-6H,1-4H3;5H2,1-4H3;1H,2-4H3;1H4/b8-7+;6-4+;;6-5+;;;/i;;;5D,6D;;;. The van der Waals surface area contributed by atoms with Gasteiger partial charge in [-0.15, -0.1) is 6.42 Å². The summed E-state index contributed by atoms with van der Waals surface area (Å²) in [5.41, 5.74) is -1.62. The van der Waals surface area contributed by atoms with Gasteiger partial charge in [0.25, 0.3) is 0 Å². The Morgan fingerprint density at radius 2 is 0.953 bits per heavy atom. The molecule has 370 valence electrons. The molecule has 1 saturated carbocycles. The molecule has 2 atom stereocenters. The number of ketones is 6. The fourth-order valence-electron chi connectivity index (χ4n) is 5.12. The highest BCUT2D eigenvalue weighted by Crippen LogP contribution is 2.42. The van der Waals surface area contributed by atoms with E-state index in [1.54, 1.807) is 53.7 Å². The van der Waals surface area contributed by atoms with Crippen LogP contribution in [0.2, 0.25) is 0 Å². The Bertz CT molecular complexity index is 1640. The minimum absolute atomic E-state index is 0. The lowest BCUT2D eigenvalue weighted by Gasteiger charge is -2.29. The van der Waals surface area contributed by atoms with Gasteiger partial charge in [-0.1, -0.05) is 171 Å². The van der Waals surface area contributed by atoms with Gasteiger partial charge in [0.05, 0.1) is 2.74 Å². The van der Waals surface area contributed by atoms with E-state index in [9.17, 15) is 28.8 Å². The zero-order valence-corrected chi connectivity index (χ0v) is 44.4. The molecule has 0 aromatic rings. The van der Waals surface area contributed by atoms with Crippen molar-refractivity contribution in [2.45, 2.75) is 191 Å². The van der Waals surface area contributed by atoms with Crippen LogP contribution in [0.15, 0.2) is 36.4 Å². The molecule has 0 spiro atoms. The average Bonchev–Trinajstić information content (AvgIpc) is 3.89. The Hall–Kier alpha value is -3.28. The van der Waals surface area contributed by atoms with Crippen molar-refractivity contribution >= 4 is 34.7 Å². The Labute approximate surface area is 398 Å². The zero-order chi connectivity index (χ0) is 51.9.